The first-order chi connectivity index (χ1) is 11.3. The molecule has 1 aromatic rings. The molecule has 0 fully saturated rings. The van der Waals surface area contributed by atoms with Crippen molar-refractivity contribution in [1.82, 2.24) is 0 Å². The van der Waals surface area contributed by atoms with Gasteiger partial charge in [0.2, 0.25) is 0 Å². The van der Waals surface area contributed by atoms with Gasteiger partial charge in [0.25, 0.3) is 0 Å². The Balaban J connectivity index is 2.69. The number of rotatable bonds is 3. The lowest BCUT2D eigenvalue weighted by Gasteiger charge is -2.31. The maximum Gasteiger partial charge on any atom is 0.336 e. The van der Waals surface area contributed by atoms with E-state index in [4.69, 9.17) is 9.47 Å². The van der Waals surface area contributed by atoms with Crippen LogP contribution in [0.25, 0.3) is 0 Å². The lowest BCUT2D eigenvalue weighted by atomic mass is 9.75. The normalized spacial score (nSPS) is 20.5. The third kappa shape index (κ3) is 3.02. The molecule has 128 valence electrons. The second-order valence-electron chi connectivity index (χ2n) is 5.43. The minimum Gasteiger partial charge on any atom is -0.505 e. The van der Waals surface area contributed by atoms with Crippen LogP contribution in [0.2, 0.25) is 0 Å². The van der Waals surface area contributed by atoms with Gasteiger partial charge in [-0.15, -0.1) is 0 Å². The molecule has 2 unspecified atom stereocenters. The first-order valence-electron chi connectivity index (χ1n) is 7.22. The Bertz CT molecular complexity index is 753. The van der Waals surface area contributed by atoms with Crippen LogP contribution in [0.4, 0.5) is 4.39 Å². The Morgan fingerprint density at radius 3 is 2.42 bits per heavy atom. The van der Waals surface area contributed by atoms with Gasteiger partial charge in [0.15, 0.2) is 11.6 Å². The van der Waals surface area contributed by atoms with Gasteiger partial charge in [0, 0.05) is 17.3 Å². The van der Waals surface area contributed by atoms with E-state index in [1.54, 1.807) is 13.8 Å². The van der Waals surface area contributed by atoms with Crippen LogP contribution in [0.5, 0.6) is 5.75 Å². The highest BCUT2D eigenvalue weighted by Crippen LogP contribution is 2.40. The number of phenolic OH excluding ortho intramolecular Hbond substituents is 1. The molecule has 1 aromatic carbocycles. The maximum absolute atomic E-state index is 13.8. The van der Waals surface area contributed by atoms with E-state index in [9.17, 15) is 19.1 Å². The fraction of sp³-hybridized carbons (Fsp3) is 0.353. The number of hydrogen-bond acceptors (Lipinski definition) is 6. The van der Waals surface area contributed by atoms with Crippen molar-refractivity contribution in [1.29, 1.82) is 0 Å². The number of methoxy groups -OCH3 is 2. The van der Waals surface area contributed by atoms with Crippen LogP contribution < -0.4 is 0 Å². The topological polar surface area (TPSA) is 85.2 Å². The molecule has 0 saturated heterocycles. The van der Waals surface area contributed by atoms with Crippen molar-refractivity contribution >= 4 is 17.7 Å². The molecule has 1 heterocycles. The molecule has 0 aromatic heterocycles. The van der Waals surface area contributed by atoms with Gasteiger partial charge in [-0.2, -0.15) is 0 Å². The van der Waals surface area contributed by atoms with Crippen molar-refractivity contribution in [2.75, 3.05) is 14.2 Å². The Labute approximate surface area is 138 Å². The number of esters is 2. The first kappa shape index (κ1) is 17.7. The number of allylic oxidation sites excluding steroid dienone is 1. The molecule has 7 heteroatoms. The fourth-order valence-electron chi connectivity index (χ4n) is 2.92. The monoisotopic (exact) mass is 335 g/mol. The number of benzene rings is 1. The molecule has 2 atom stereocenters. The summed E-state index contributed by atoms with van der Waals surface area (Å²) in [4.78, 5) is 28.7. The van der Waals surface area contributed by atoms with Crippen molar-refractivity contribution in [2.45, 2.75) is 19.8 Å². The zero-order chi connectivity index (χ0) is 18.0. The van der Waals surface area contributed by atoms with Crippen molar-refractivity contribution in [3.63, 3.8) is 0 Å². The summed E-state index contributed by atoms with van der Waals surface area (Å²) in [5.41, 5.74) is 1.33. The number of halogens is 1. The average molecular weight is 335 g/mol. The molecule has 24 heavy (non-hydrogen) atoms. The summed E-state index contributed by atoms with van der Waals surface area (Å²) in [5, 5.41) is 9.39. The number of nitrogens with zero attached hydrogens (tertiary/aromatic N) is 1. The van der Waals surface area contributed by atoms with Gasteiger partial charge < -0.3 is 14.6 Å². The molecule has 0 aliphatic carbocycles. The predicted molar refractivity (Wildman–Crippen MR) is 84.1 cm³/mol. The third-order valence-corrected chi connectivity index (χ3v) is 4.02. The summed E-state index contributed by atoms with van der Waals surface area (Å²) in [6, 6.07) is 3.71. The van der Waals surface area contributed by atoms with E-state index >= 15 is 0 Å². The Morgan fingerprint density at radius 1 is 1.21 bits per heavy atom. The number of phenols is 1. The van der Waals surface area contributed by atoms with Crippen LogP contribution in [0.1, 0.15) is 25.3 Å². The van der Waals surface area contributed by atoms with Crippen molar-refractivity contribution in [2.24, 2.45) is 10.9 Å². The second kappa shape index (κ2) is 6.82. The largest absolute Gasteiger partial charge is 0.505 e. The highest BCUT2D eigenvalue weighted by atomic mass is 19.1. The quantitative estimate of drug-likeness (QED) is 0.857. The molecule has 1 N–H and O–H groups in total. The molecule has 0 spiro atoms. The molecule has 0 bridgehead atoms. The van der Waals surface area contributed by atoms with Crippen LogP contribution in [0.15, 0.2) is 34.5 Å². The van der Waals surface area contributed by atoms with E-state index in [1.807, 2.05) is 0 Å². The summed E-state index contributed by atoms with van der Waals surface area (Å²) in [6.07, 6.45) is 0. The van der Waals surface area contributed by atoms with Crippen molar-refractivity contribution in [3.8, 4) is 5.75 Å². The molecule has 0 saturated carbocycles. The molecule has 0 radical (unpaired) electrons. The maximum atomic E-state index is 13.8. The molecule has 1 aliphatic heterocycles. The van der Waals surface area contributed by atoms with Gasteiger partial charge in [0.1, 0.15) is 5.92 Å². The van der Waals surface area contributed by atoms with E-state index in [0.29, 0.717) is 17.0 Å². The number of carbonyl (C=O) groups is 2. The van der Waals surface area contributed by atoms with Crippen LogP contribution in [-0.2, 0) is 19.1 Å². The van der Waals surface area contributed by atoms with Gasteiger partial charge in [-0.1, -0.05) is 6.07 Å². The second-order valence-corrected chi connectivity index (χ2v) is 5.43. The van der Waals surface area contributed by atoms with E-state index in [1.165, 1.54) is 26.4 Å². The zero-order valence-electron chi connectivity index (χ0n) is 13.8. The summed E-state index contributed by atoms with van der Waals surface area (Å²) in [6.45, 7) is 3.26. The number of ether oxygens (including phenoxy) is 2. The summed E-state index contributed by atoms with van der Waals surface area (Å²) in [5.74, 6) is -4.33. The number of hydrogen-bond donors (Lipinski definition) is 1. The number of aromatic hydroxyl groups is 1. The number of aliphatic imine (C=N–C) groups is 1. The first-order valence-corrected chi connectivity index (χ1v) is 7.22. The molecule has 1 aliphatic rings. The van der Waals surface area contributed by atoms with E-state index in [0.717, 1.165) is 6.07 Å². The highest BCUT2D eigenvalue weighted by Gasteiger charge is 2.42. The highest BCUT2D eigenvalue weighted by molar-refractivity contribution is 6.06. The minimum absolute atomic E-state index is 0.156. The zero-order valence-corrected chi connectivity index (χ0v) is 13.8. The summed E-state index contributed by atoms with van der Waals surface area (Å²) >= 11 is 0. The van der Waals surface area contributed by atoms with Gasteiger partial charge in [-0.25, -0.2) is 9.18 Å². The Hall–Kier alpha value is -2.70. The van der Waals surface area contributed by atoms with E-state index in [-0.39, 0.29) is 5.57 Å². The van der Waals surface area contributed by atoms with Gasteiger partial charge in [-0.05, 0) is 31.5 Å². The van der Waals surface area contributed by atoms with Crippen LogP contribution in [0.3, 0.4) is 0 Å². The summed E-state index contributed by atoms with van der Waals surface area (Å²) < 4.78 is 23.4. The van der Waals surface area contributed by atoms with Crippen molar-refractivity contribution in [3.05, 3.63) is 40.8 Å². The fourth-order valence-corrected chi connectivity index (χ4v) is 2.92. The lowest BCUT2D eigenvalue weighted by Crippen LogP contribution is -2.36. The molecule has 2 rings (SSSR count). The lowest BCUT2D eigenvalue weighted by molar-refractivity contribution is -0.143. The van der Waals surface area contributed by atoms with Gasteiger partial charge in [0.05, 0.1) is 19.8 Å². The Morgan fingerprint density at radius 2 is 1.88 bits per heavy atom. The molecular formula is C17H18FNO5. The van der Waals surface area contributed by atoms with Crippen LogP contribution >= 0.6 is 0 Å². The average Bonchev–Trinajstić information content (AvgIpc) is 2.55. The van der Waals surface area contributed by atoms with Crippen LogP contribution in [-0.4, -0.2) is 37.0 Å². The molecule has 6 nitrogen and oxygen atoms in total. The number of carbonyl (C=O) groups excluding carboxylic acids is 2. The minimum atomic E-state index is -0.892. The molecular weight excluding hydrogens is 317 g/mol. The SMILES string of the molecule is COC(=O)C1=C(C)N=C(C)C(C(=O)OC)C1c1ccc(O)c(F)c1. The van der Waals surface area contributed by atoms with Gasteiger partial charge >= 0.3 is 11.9 Å². The van der Waals surface area contributed by atoms with Crippen molar-refractivity contribution < 1.29 is 28.6 Å². The van der Waals surface area contributed by atoms with E-state index < -0.39 is 35.3 Å². The third-order valence-electron chi connectivity index (χ3n) is 4.02. The summed E-state index contributed by atoms with van der Waals surface area (Å²) in [7, 11) is 2.45. The molecule has 0 amide bonds. The van der Waals surface area contributed by atoms with Gasteiger partial charge in [-0.3, -0.25) is 9.79 Å². The van der Waals surface area contributed by atoms with E-state index in [2.05, 4.69) is 4.99 Å². The smallest absolute Gasteiger partial charge is 0.336 e. The van der Waals surface area contributed by atoms with Crippen LogP contribution in [0, 0.1) is 11.7 Å². The Kier molecular flexibility index (Phi) is 5.02. The standard InChI is InChI=1S/C17H18FNO5/c1-8-13(16(21)23-3)15(10-5-6-12(20)11(18)7-10)14(9(2)19-8)17(22)24-4/h5-7,13,15,20H,1-4H3. The predicted octanol–water partition coefficient (Wildman–Crippen LogP) is 2.33.